The quantitative estimate of drug-likeness (QED) is 0.768. The number of hydrogen-bond donors (Lipinski definition) is 1. The van der Waals surface area contributed by atoms with Crippen molar-refractivity contribution in [3.8, 4) is 11.4 Å². The third-order valence-electron chi connectivity index (χ3n) is 3.60. The molecule has 0 atom stereocenters. The van der Waals surface area contributed by atoms with E-state index in [1.165, 1.54) is 0 Å². The maximum absolute atomic E-state index is 12.1. The Kier molecular flexibility index (Phi) is 4.91. The smallest absolute Gasteiger partial charge is 0.252 e. The van der Waals surface area contributed by atoms with Crippen LogP contribution < -0.4 is 5.32 Å². The van der Waals surface area contributed by atoms with Crippen LogP contribution in [0.5, 0.6) is 0 Å². The SMILES string of the molecule is Cc1ccccc1-c1noc(CCNC(=O)c2ccccc2Cl)n1. The van der Waals surface area contributed by atoms with Crippen LogP contribution in [-0.2, 0) is 6.42 Å². The van der Waals surface area contributed by atoms with Crippen molar-refractivity contribution in [1.29, 1.82) is 0 Å². The average Bonchev–Trinajstić information content (AvgIpc) is 3.04. The summed E-state index contributed by atoms with van der Waals surface area (Å²) in [6.07, 6.45) is 0.453. The lowest BCUT2D eigenvalue weighted by Crippen LogP contribution is -2.26. The maximum atomic E-state index is 12.1. The fourth-order valence-corrected chi connectivity index (χ4v) is 2.53. The molecule has 3 aromatic rings. The Morgan fingerprint density at radius 1 is 1.17 bits per heavy atom. The van der Waals surface area contributed by atoms with Gasteiger partial charge in [0.1, 0.15) is 0 Å². The Morgan fingerprint density at radius 2 is 1.92 bits per heavy atom. The van der Waals surface area contributed by atoms with Crippen molar-refractivity contribution in [2.24, 2.45) is 0 Å². The van der Waals surface area contributed by atoms with Crippen LogP contribution in [0.4, 0.5) is 0 Å². The first-order valence-corrected chi connectivity index (χ1v) is 7.94. The molecular weight excluding hydrogens is 326 g/mol. The lowest BCUT2D eigenvalue weighted by Gasteiger charge is -2.04. The molecule has 0 fully saturated rings. The van der Waals surface area contributed by atoms with Crippen LogP contribution in [0, 0.1) is 6.92 Å². The van der Waals surface area contributed by atoms with Gasteiger partial charge < -0.3 is 9.84 Å². The van der Waals surface area contributed by atoms with Gasteiger partial charge in [0.05, 0.1) is 10.6 Å². The van der Waals surface area contributed by atoms with Crippen LogP contribution in [0.3, 0.4) is 0 Å². The Bertz CT molecular complexity index is 861. The molecule has 1 amide bonds. The molecule has 0 aliphatic carbocycles. The van der Waals surface area contributed by atoms with Crippen molar-refractivity contribution in [2.45, 2.75) is 13.3 Å². The normalized spacial score (nSPS) is 10.6. The molecular formula is C18H16ClN3O2. The van der Waals surface area contributed by atoms with Crippen molar-refractivity contribution in [3.63, 3.8) is 0 Å². The molecule has 0 unspecified atom stereocenters. The van der Waals surface area contributed by atoms with Crippen LogP contribution in [0.2, 0.25) is 5.02 Å². The standard InChI is InChI=1S/C18H16ClN3O2/c1-12-6-2-3-7-13(12)17-21-16(24-22-17)10-11-20-18(23)14-8-4-5-9-15(14)19/h2-9H,10-11H2,1H3,(H,20,23). The number of benzene rings is 2. The summed E-state index contributed by atoms with van der Waals surface area (Å²) in [6.45, 7) is 2.38. The number of nitrogens with one attached hydrogen (secondary N) is 1. The van der Waals surface area contributed by atoms with E-state index in [0.29, 0.717) is 35.3 Å². The summed E-state index contributed by atoms with van der Waals surface area (Å²) in [4.78, 5) is 16.4. The van der Waals surface area contributed by atoms with Gasteiger partial charge in [-0.1, -0.05) is 53.2 Å². The third-order valence-corrected chi connectivity index (χ3v) is 3.93. The fraction of sp³-hybridized carbons (Fsp3) is 0.167. The number of amides is 1. The molecule has 0 saturated heterocycles. The minimum absolute atomic E-state index is 0.223. The first-order valence-electron chi connectivity index (χ1n) is 7.56. The summed E-state index contributed by atoms with van der Waals surface area (Å²) in [6, 6.07) is 14.8. The van der Waals surface area contributed by atoms with E-state index in [-0.39, 0.29) is 5.91 Å². The van der Waals surface area contributed by atoms with Crippen molar-refractivity contribution in [1.82, 2.24) is 15.5 Å². The van der Waals surface area contributed by atoms with Gasteiger partial charge in [-0.3, -0.25) is 4.79 Å². The van der Waals surface area contributed by atoms with Crippen molar-refractivity contribution in [2.75, 3.05) is 6.54 Å². The molecule has 2 aromatic carbocycles. The molecule has 0 radical (unpaired) electrons. The van der Waals surface area contributed by atoms with Gasteiger partial charge in [-0.25, -0.2) is 0 Å². The molecule has 6 heteroatoms. The summed E-state index contributed by atoms with van der Waals surface area (Å²) >= 11 is 6.00. The van der Waals surface area contributed by atoms with E-state index in [4.69, 9.17) is 16.1 Å². The second-order valence-electron chi connectivity index (χ2n) is 5.31. The van der Waals surface area contributed by atoms with E-state index in [2.05, 4.69) is 15.5 Å². The number of aromatic nitrogens is 2. The molecule has 0 aliphatic rings. The summed E-state index contributed by atoms with van der Waals surface area (Å²) in [5.41, 5.74) is 2.47. The Hall–Kier alpha value is -2.66. The highest BCUT2D eigenvalue weighted by molar-refractivity contribution is 6.33. The van der Waals surface area contributed by atoms with E-state index in [1.807, 2.05) is 31.2 Å². The topological polar surface area (TPSA) is 68.0 Å². The van der Waals surface area contributed by atoms with Crippen LogP contribution in [0.15, 0.2) is 53.1 Å². The minimum Gasteiger partial charge on any atom is -0.351 e. The molecule has 0 spiro atoms. The molecule has 1 aromatic heterocycles. The van der Waals surface area contributed by atoms with E-state index >= 15 is 0 Å². The molecule has 0 saturated carbocycles. The van der Waals surface area contributed by atoms with Crippen LogP contribution >= 0.6 is 11.6 Å². The van der Waals surface area contributed by atoms with E-state index in [0.717, 1.165) is 11.1 Å². The molecule has 5 nitrogen and oxygen atoms in total. The highest BCUT2D eigenvalue weighted by Crippen LogP contribution is 2.19. The fourth-order valence-electron chi connectivity index (χ4n) is 2.31. The molecule has 3 rings (SSSR count). The number of hydrogen-bond acceptors (Lipinski definition) is 4. The van der Waals surface area contributed by atoms with Gasteiger partial charge in [0.2, 0.25) is 11.7 Å². The van der Waals surface area contributed by atoms with E-state index in [1.54, 1.807) is 24.3 Å². The minimum atomic E-state index is -0.223. The van der Waals surface area contributed by atoms with E-state index < -0.39 is 0 Å². The van der Waals surface area contributed by atoms with Crippen LogP contribution in [-0.4, -0.2) is 22.6 Å². The van der Waals surface area contributed by atoms with Gasteiger partial charge in [0, 0.05) is 18.5 Å². The number of aryl methyl sites for hydroxylation is 1. The summed E-state index contributed by atoms with van der Waals surface area (Å²) < 4.78 is 5.25. The molecule has 122 valence electrons. The van der Waals surface area contributed by atoms with Crippen molar-refractivity contribution >= 4 is 17.5 Å². The highest BCUT2D eigenvalue weighted by Gasteiger charge is 2.12. The first-order chi connectivity index (χ1) is 11.6. The predicted molar refractivity (Wildman–Crippen MR) is 92.0 cm³/mol. The van der Waals surface area contributed by atoms with Gasteiger partial charge >= 0.3 is 0 Å². The van der Waals surface area contributed by atoms with Crippen molar-refractivity contribution < 1.29 is 9.32 Å². The predicted octanol–water partition coefficient (Wildman–Crippen LogP) is 3.67. The molecule has 0 aliphatic heterocycles. The number of carbonyl (C=O) groups is 1. The third kappa shape index (κ3) is 3.63. The number of nitrogens with zero attached hydrogens (tertiary/aromatic N) is 2. The molecule has 0 bridgehead atoms. The molecule has 24 heavy (non-hydrogen) atoms. The Morgan fingerprint density at radius 3 is 2.71 bits per heavy atom. The monoisotopic (exact) mass is 341 g/mol. The lowest BCUT2D eigenvalue weighted by atomic mass is 10.1. The largest absolute Gasteiger partial charge is 0.351 e. The second-order valence-corrected chi connectivity index (χ2v) is 5.72. The Balaban J connectivity index is 1.59. The maximum Gasteiger partial charge on any atom is 0.252 e. The van der Waals surface area contributed by atoms with Gasteiger partial charge in [0.15, 0.2) is 0 Å². The number of halogens is 1. The van der Waals surface area contributed by atoms with Gasteiger partial charge in [-0.15, -0.1) is 0 Å². The van der Waals surface area contributed by atoms with E-state index in [9.17, 15) is 4.79 Å². The lowest BCUT2D eigenvalue weighted by molar-refractivity contribution is 0.0953. The Labute approximate surface area is 144 Å². The molecule has 1 N–H and O–H groups in total. The zero-order chi connectivity index (χ0) is 16.9. The number of carbonyl (C=O) groups excluding carboxylic acids is 1. The number of rotatable bonds is 5. The summed E-state index contributed by atoms with van der Waals surface area (Å²) in [7, 11) is 0. The van der Waals surface area contributed by atoms with Crippen molar-refractivity contribution in [3.05, 3.63) is 70.6 Å². The zero-order valence-electron chi connectivity index (χ0n) is 13.1. The van der Waals surface area contributed by atoms with Gasteiger partial charge in [0.25, 0.3) is 5.91 Å². The first kappa shape index (κ1) is 16.2. The zero-order valence-corrected chi connectivity index (χ0v) is 13.9. The van der Waals surface area contributed by atoms with Gasteiger partial charge in [-0.2, -0.15) is 4.98 Å². The summed E-state index contributed by atoms with van der Waals surface area (Å²) in [5, 5.41) is 7.22. The van der Waals surface area contributed by atoms with Crippen LogP contribution in [0.25, 0.3) is 11.4 Å². The van der Waals surface area contributed by atoms with Gasteiger partial charge in [-0.05, 0) is 24.6 Å². The van der Waals surface area contributed by atoms with Crippen LogP contribution in [0.1, 0.15) is 21.8 Å². The second kappa shape index (κ2) is 7.27. The summed E-state index contributed by atoms with van der Waals surface area (Å²) in [5.74, 6) is 0.812. The highest BCUT2D eigenvalue weighted by atomic mass is 35.5. The average molecular weight is 342 g/mol. The molecule has 1 heterocycles.